The SMILES string of the molecule is O=C1C2CN(Cc3cnc4ccccc4c3)CCN2C(=O)CN1Cc1ccco1. The van der Waals surface area contributed by atoms with Crippen molar-refractivity contribution in [2.75, 3.05) is 26.2 Å². The fourth-order valence-electron chi connectivity index (χ4n) is 4.22. The Morgan fingerprint density at radius 3 is 2.83 bits per heavy atom. The normalized spacial score (nSPS) is 20.3. The summed E-state index contributed by atoms with van der Waals surface area (Å²) in [6.45, 7) is 3.01. The van der Waals surface area contributed by atoms with E-state index in [1.807, 2.05) is 30.5 Å². The van der Waals surface area contributed by atoms with Crippen molar-refractivity contribution in [2.45, 2.75) is 19.1 Å². The van der Waals surface area contributed by atoms with Gasteiger partial charge >= 0.3 is 0 Å². The van der Waals surface area contributed by atoms with Crippen molar-refractivity contribution in [3.05, 3.63) is 66.2 Å². The molecule has 1 aromatic carbocycles. The summed E-state index contributed by atoms with van der Waals surface area (Å²) >= 11 is 0. The van der Waals surface area contributed by atoms with E-state index in [4.69, 9.17) is 4.42 Å². The van der Waals surface area contributed by atoms with Crippen molar-refractivity contribution >= 4 is 22.7 Å². The molecule has 2 aliphatic rings. The lowest BCUT2D eigenvalue weighted by Crippen LogP contribution is -2.66. The fourth-order valence-corrected chi connectivity index (χ4v) is 4.22. The number of para-hydroxylation sites is 1. The molecular weight excluding hydrogens is 368 g/mol. The van der Waals surface area contributed by atoms with E-state index in [0.29, 0.717) is 31.9 Å². The van der Waals surface area contributed by atoms with E-state index in [9.17, 15) is 9.59 Å². The standard InChI is InChI=1S/C22H22N4O3/c27-21-15-25(13-18-5-3-9-29-18)22(28)20-14-24(7-8-26(20)21)12-16-10-17-4-1-2-6-19(17)23-11-16/h1-6,9-11,20H,7-8,12-15H2. The third-order valence-corrected chi connectivity index (χ3v) is 5.69. The van der Waals surface area contributed by atoms with Crippen molar-refractivity contribution in [2.24, 2.45) is 0 Å². The molecule has 3 aromatic rings. The second-order valence-corrected chi connectivity index (χ2v) is 7.65. The van der Waals surface area contributed by atoms with E-state index in [1.54, 1.807) is 22.1 Å². The maximum atomic E-state index is 13.1. The maximum absolute atomic E-state index is 13.1. The van der Waals surface area contributed by atoms with Crippen LogP contribution in [0.15, 0.2) is 59.3 Å². The molecule has 0 aliphatic carbocycles. The Kier molecular flexibility index (Phi) is 4.52. The quantitative estimate of drug-likeness (QED) is 0.680. The highest BCUT2D eigenvalue weighted by atomic mass is 16.3. The first kappa shape index (κ1) is 17.9. The number of furan rings is 1. The van der Waals surface area contributed by atoms with Crippen molar-refractivity contribution < 1.29 is 14.0 Å². The molecule has 0 saturated carbocycles. The zero-order valence-corrected chi connectivity index (χ0v) is 16.0. The number of benzene rings is 1. The van der Waals surface area contributed by atoms with Crippen molar-refractivity contribution in [1.82, 2.24) is 19.7 Å². The molecule has 2 amide bonds. The van der Waals surface area contributed by atoms with Gasteiger partial charge in [0.2, 0.25) is 11.8 Å². The molecule has 7 nitrogen and oxygen atoms in total. The van der Waals surface area contributed by atoms with Gasteiger partial charge in [0.25, 0.3) is 0 Å². The zero-order chi connectivity index (χ0) is 19.8. The van der Waals surface area contributed by atoms with Crippen LogP contribution in [-0.2, 0) is 22.7 Å². The first-order chi connectivity index (χ1) is 14.2. The zero-order valence-electron chi connectivity index (χ0n) is 16.0. The number of aromatic nitrogens is 1. The topological polar surface area (TPSA) is 69.9 Å². The molecule has 0 radical (unpaired) electrons. The molecule has 0 bridgehead atoms. The lowest BCUT2D eigenvalue weighted by atomic mass is 10.1. The minimum atomic E-state index is -0.437. The number of amides is 2. The van der Waals surface area contributed by atoms with Crippen LogP contribution < -0.4 is 0 Å². The van der Waals surface area contributed by atoms with Crippen LogP contribution in [0.1, 0.15) is 11.3 Å². The Bertz CT molecular complexity index is 1050. The third kappa shape index (κ3) is 3.49. The average Bonchev–Trinajstić information content (AvgIpc) is 3.25. The molecule has 1 unspecified atom stereocenters. The number of piperazine rings is 2. The van der Waals surface area contributed by atoms with Gasteiger partial charge < -0.3 is 14.2 Å². The van der Waals surface area contributed by atoms with Gasteiger partial charge in [-0.25, -0.2) is 0 Å². The Hall–Kier alpha value is -3.19. The third-order valence-electron chi connectivity index (χ3n) is 5.69. The second-order valence-electron chi connectivity index (χ2n) is 7.65. The number of nitrogens with zero attached hydrogens (tertiary/aromatic N) is 4. The summed E-state index contributed by atoms with van der Waals surface area (Å²) in [6, 6.07) is 13.4. The van der Waals surface area contributed by atoms with Gasteiger partial charge in [-0.15, -0.1) is 0 Å². The molecular formula is C22H22N4O3. The molecule has 1 atom stereocenters. The summed E-state index contributed by atoms with van der Waals surface area (Å²) in [7, 11) is 0. The summed E-state index contributed by atoms with van der Waals surface area (Å²) in [4.78, 5) is 35.7. The van der Waals surface area contributed by atoms with Crippen LogP contribution in [0, 0.1) is 0 Å². The number of hydrogen-bond donors (Lipinski definition) is 0. The largest absolute Gasteiger partial charge is 0.467 e. The number of rotatable bonds is 4. The highest BCUT2D eigenvalue weighted by molar-refractivity contribution is 5.95. The minimum absolute atomic E-state index is 0.00757. The second kappa shape index (κ2) is 7.33. The van der Waals surface area contributed by atoms with Crippen LogP contribution >= 0.6 is 0 Å². The van der Waals surface area contributed by atoms with Crippen LogP contribution in [0.5, 0.6) is 0 Å². The molecule has 0 N–H and O–H groups in total. The van der Waals surface area contributed by atoms with Gasteiger partial charge in [-0.1, -0.05) is 18.2 Å². The Morgan fingerprint density at radius 2 is 1.97 bits per heavy atom. The van der Waals surface area contributed by atoms with Gasteiger partial charge in [0.15, 0.2) is 0 Å². The molecule has 2 aromatic heterocycles. The predicted octanol–water partition coefficient (Wildman–Crippen LogP) is 1.88. The number of fused-ring (bicyclic) bond motifs is 2. The Balaban J connectivity index is 1.30. The van der Waals surface area contributed by atoms with Crippen LogP contribution in [0.3, 0.4) is 0 Å². The lowest BCUT2D eigenvalue weighted by molar-refractivity contribution is -0.160. The summed E-state index contributed by atoms with van der Waals surface area (Å²) in [5, 5.41) is 1.11. The summed E-state index contributed by atoms with van der Waals surface area (Å²) in [5.41, 5.74) is 2.09. The van der Waals surface area contributed by atoms with Gasteiger partial charge in [-0.3, -0.25) is 19.5 Å². The average molecular weight is 390 g/mol. The van der Waals surface area contributed by atoms with E-state index in [1.165, 1.54) is 0 Å². The summed E-state index contributed by atoms with van der Waals surface area (Å²) in [5.74, 6) is 0.685. The molecule has 7 heteroatoms. The van der Waals surface area contributed by atoms with Gasteiger partial charge in [0, 0.05) is 37.8 Å². The highest BCUT2D eigenvalue weighted by Gasteiger charge is 2.42. The van der Waals surface area contributed by atoms with Gasteiger partial charge in [0.05, 0.1) is 18.3 Å². The molecule has 2 saturated heterocycles. The van der Waals surface area contributed by atoms with Gasteiger partial charge in [0.1, 0.15) is 18.3 Å². The monoisotopic (exact) mass is 390 g/mol. The van der Waals surface area contributed by atoms with E-state index in [-0.39, 0.29) is 18.4 Å². The van der Waals surface area contributed by atoms with Crippen molar-refractivity contribution in [3.63, 3.8) is 0 Å². The Labute approximate surface area is 168 Å². The Morgan fingerprint density at radius 1 is 1.07 bits per heavy atom. The molecule has 148 valence electrons. The molecule has 29 heavy (non-hydrogen) atoms. The summed E-state index contributed by atoms with van der Waals surface area (Å²) < 4.78 is 5.35. The van der Waals surface area contributed by atoms with Crippen LogP contribution in [0.4, 0.5) is 0 Å². The highest BCUT2D eigenvalue weighted by Crippen LogP contribution is 2.22. The number of pyridine rings is 1. The molecule has 2 aliphatic heterocycles. The molecule has 0 spiro atoms. The van der Waals surface area contributed by atoms with E-state index < -0.39 is 6.04 Å². The smallest absolute Gasteiger partial charge is 0.247 e. The number of carbonyl (C=O) groups is 2. The van der Waals surface area contributed by atoms with E-state index in [0.717, 1.165) is 23.0 Å². The summed E-state index contributed by atoms with van der Waals surface area (Å²) in [6.07, 6.45) is 3.48. The first-order valence-corrected chi connectivity index (χ1v) is 9.84. The fraction of sp³-hybridized carbons (Fsp3) is 0.318. The van der Waals surface area contributed by atoms with E-state index >= 15 is 0 Å². The van der Waals surface area contributed by atoms with Gasteiger partial charge in [-0.05, 0) is 29.8 Å². The number of hydrogen-bond acceptors (Lipinski definition) is 5. The van der Waals surface area contributed by atoms with Gasteiger partial charge in [-0.2, -0.15) is 0 Å². The maximum Gasteiger partial charge on any atom is 0.247 e. The molecule has 4 heterocycles. The minimum Gasteiger partial charge on any atom is -0.467 e. The molecule has 5 rings (SSSR count). The van der Waals surface area contributed by atoms with Crippen LogP contribution in [0.2, 0.25) is 0 Å². The predicted molar refractivity (Wildman–Crippen MR) is 107 cm³/mol. The van der Waals surface area contributed by atoms with Crippen LogP contribution in [-0.4, -0.2) is 63.7 Å². The first-order valence-electron chi connectivity index (χ1n) is 9.84. The van der Waals surface area contributed by atoms with Crippen molar-refractivity contribution in [1.29, 1.82) is 0 Å². The van der Waals surface area contributed by atoms with Crippen molar-refractivity contribution in [3.8, 4) is 0 Å². The molecule has 2 fully saturated rings. The lowest BCUT2D eigenvalue weighted by Gasteiger charge is -2.46. The van der Waals surface area contributed by atoms with E-state index in [2.05, 4.69) is 22.0 Å². The van der Waals surface area contributed by atoms with Crippen LogP contribution in [0.25, 0.3) is 10.9 Å². The number of carbonyl (C=O) groups excluding carboxylic acids is 2.